The maximum Gasteiger partial charge on any atom is 0.223 e. The first-order chi connectivity index (χ1) is 14.2. The molecule has 2 heterocycles. The van der Waals surface area contributed by atoms with Crippen LogP contribution in [0, 0.1) is 0 Å². The summed E-state index contributed by atoms with van der Waals surface area (Å²) in [5.74, 6) is 0.0449. The molecule has 150 valence electrons. The molecule has 7 nitrogen and oxygen atoms in total. The monoisotopic (exact) mass is 411 g/mol. The summed E-state index contributed by atoms with van der Waals surface area (Å²) in [7, 11) is 0. The molecule has 0 spiro atoms. The summed E-state index contributed by atoms with van der Waals surface area (Å²) in [4.78, 5) is 15.0. The molecule has 0 radical (unpaired) electrons. The predicted molar refractivity (Wildman–Crippen MR) is 108 cm³/mol. The second-order valence-electron chi connectivity index (χ2n) is 7.09. The van der Waals surface area contributed by atoms with E-state index in [1.807, 2.05) is 59.5 Å². The van der Waals surface area contributed by atoms with Gasteiger partial charge in [-0.15, -0.1) is 5.10 Å². The van der Waals surface area contributed by atoms with Crippen LogP contribution in [0.1, 0.15) is 29.6 Å². The Morgan fingerprint density at radius 2 is 1.97 bits per heavy atom. The number of amides is 1. The van der Waals surface area contributed by atoms with E-state index in [0.29, 0.717) is 37.7 Å². The van der Waals surface area contributed by atoms with Crippen molar-refractivity contribution in [2.75, 3.05) is 19.7 Å². The number of rotatable bonds is 6. The van der Waals surface area contributed by atoms with Gasteiger partial charge in [0.15, 0.2) is 0 Å². The van der Waals surface area contributed by atoms with Crippen molar-refractivity contribution in [2.45, 2.75) is 25.0 Å². The number of benzene rings is 2. The summed E-state index contributed by atoms with van der Waals surface area (Å²) in [5.41, 5.74) is 2.12. The fourth-order valence-corrected chi connectivity index (χ4v) is 3.72. The molecule has 0 N–H and O–H groups in total. The van der Waals surface area contributed by atoms with Crippen LogP contribution >= 0.6 is 11.6 Å². The van der Waals surface area contributed by atoms with E-state index < -0.39 is 0 Å². The highest BCUT2D eigenvalue weighted by atomic mass is 35.5. The van der Waals surface area contributed by atoms with Crippen LogP contribution in [0.5, 0.6) is 0 Å². The van der Waals surface area contributed by atoms with Gasteiger partial charge in [0.25, 0.3) is 0 Å². The number of morpholine rings is 1. The molecule has 1 aliphatic heterocycles. The number of carbonyl (C=O) groups excluding carboxylic acids is 1. The lowest BCUT2D eigenvalue weighted by molar-refractivity contribution is -0.139. The standard InChI is InChI=1S/C21H22ClN5O2/c22-19-8-6-16(7-9-19)18(13-27-15-23-24-25-27)12-21(28)26-10-11-29-20(14-26)17-4-2-1-3-5-17/h1-9,15,18,20H,10-14H2/t18-,20+/m1/s1. The molecule has 0 saturated carbocycles. The number of nitrogens with zero attached hydrogens (tertiary/aromatic N) is 5. The van der Waals surface area contributed by atoms with E-state index in [9.17, 15) is 4.79 Å². The van der Waals surface area contributed by atoms with E-state index in [2.05, 4.69) is 15.5 Å². The molecular formula is C21H22ClN5O2. The summed E-state index contributed by atoms with van der Waals surface area (Å²) < 4.78 is 7.54. The van der Waals surface area contributed by atoms with E-state index in [1.54, 1.807) is 11.0 Å². The van der Waals surface area contributed by atoms with Gasteiger partial charge in [-0.05, 0) is 33.7 Å². The topological polar surface area (TPSA) is 73.1 Å². The van der Waals surface area contributed by atoms with E-state index in [1.165, 1.54) is 0 Å². The third kappa shape index (κ3) is 4.99. The number of tetrazole rings is 1. The zero-order chi connectivity index (χ0) is 20.1. The van der Waals surface area contributed by atoms with Crippen LogP contribution in [0.2, 0.25) is 5.02 Å². The van der Waals surface area contributed by atoms with Gasteiger partial charge in [-0.3, -0.25) is 4.79 Å². The van der Waals surface area contributed by atoms with Crippen molar-refractivity contribution < 1.29 is 9.53 Å². The van der Waals surface area contributed by atoms with E-state index in [-0.39, 0.29) is 17.9 Å². The molecule has 29 heavy (non-hydrogen) atoms. The number of hydrogen-bond acceptors (Lipinski definition) is 5. The zero-order valence-electron chi connectivity index (χ0n) is 15.9. The largest absolute Gasteiger partial charge is 0.370 e. The maximum absolute atomic E-state index is 13.1. The lowest BCUT2D eigenvalue weighted by Gasteiger charge is -2.34. The molecule has 1 fully saturated rings. The number of halogens is 1. The normalized spacial score (nSPS) is 17.8. The molecule has 0 bridgehead atoms. The van der Waals surface area contributed by atoms with Crippen molar-refractivity contribution in [3.8, 4) is 0 Å². The smallest absolute Gasteiger partial charge is 0.223 e. The lowest BCUT2D eigenvalue weighted by Crippen LogP contribution is -2.42. The summed E-state index contributed by atoms with van der Waals surface area (Å²) in [6, 6.07) is 17.6. The van der Waals surface area contributed by atoms with Gasteiger partial charge >= 0.3 is 0 Å². The SMILES string of the molecule is O=C(C[C@H](Cn1cnnn1)c1ccc(Cl)cc1)N1CCO[C@H](c2ccccc2)C1. The second-order valence-corrected chi connectivity index (χ2v) is 7.53. The minimum absolute atomic E-state index is 0.0544. The number of ether oxygens (including phenoxy) is 1. The molecule has 1 saturated heterocycles. The van der Waals surface area contributed by atoms with Crippen LogP contribution in [-0.2, 0) is 16.1 Å². The van der Waals surface area contributed by atoms with E-state index >= 15 is 0 Å². The first-order valence-electron chi connectivity index (χ1n) is 9.59. The van der Waals surface area contributed by atoms with Crippen LogP contribution in [0.3, 0.4) is 0 Å². The Hall–Kier alpha value is -2.77. The van der Waals surface area contributed by atoms with Gasteiger partial charge in [0.05, 0.1) is 19.7 Å². The lowest BCUT2D eigenvalue weighted by atomic mass is 9.94. The van der Waals surface area contributed by atoms with E-state index in [4.69, 9.17) is 16.3 Å². The fourth-order valence-electron chi connectivity index (χ4n) is 3.60. The highest BCUT2D eigenvalue weighted by molar-refractivity contribution is 6.30. The van der Waals surface area contributed by atoms with Gasteiger partial charge in [-0.2, -0.15) is 0 Å². The molecule has 2 atom stereocenters. The van der Waals surface area contributed by atoms with Crippen molar-refractivity contribution >= 4 is 17.5 Å². The highest BCUT2D eigenvalue weighted by Gasteiger charge is 2.27. The van der Waals surface area contributed by atoms with Gasteiger partial charge in [0.1, 0.15) is 12.4 Å². The van der Waals surface area contributed by atoms with Crippen molar-refractivity contribution in [3.05, 3.63) is 77.1 Å². The third-order valence-corrected chi connectivity index (χ3v) is 5.40. The predicted octanol–water partition coefficient (Wildman–Crippen LogP) is 3.10. The number of hydrogen-bond donors (Lipinski definition) is 0. The summed E-state index contributed by atoms with van der Waals surface area (Å²) in [6.45, 7) is 2.21. The van der Waals surface area contributed by atoms with Gasteiger partial charge in [-0.25, -0.2) is 4.68 Å². The van der Waals surface area contributed by atoms with Crippen LogP contribution in [0.15, 0.2) is 60.9 Å². The first kappa shape index (κ1) is 19.5. The Morgan fingerprint density at radius 3 is 2.69 bits per heavy atom. The Morgan fingerprint density at radius 1 is 1.17 bits per heavy atom. The molecule has 1 amide bonds. The van der Waals surface area contributed by atoms with Crippen LogP contribution in [0.4, 0.5) is 0 Å². The number of aromatic nitrogens is 4. The second kappa shape index (κ2) is 9.15. The molecule has 3 aromatic rings. The average Bonchev–Trinajstić information content (AvgIpc) is 3.28. The fraction of sp³-hybridized carbons (Fsp3) is 0.333. The Bertz CT molecular complexity index is 918. The zero-order valence-corrected chi connectivity index (χ0v) is 16.7. The van der Waals surface area contributed by atoms with Gasteiger partial charge < -0.3 is 9.64 Å². The quantitative estimate of drug-likeness (QED) is 0.623. The van der Waals surface area contributed by atoms with Gasteiger partial charge in [0, 0.05) is 23.9 Å². The van der Waals surface area contributed by atoms with Gasteiger partial charge in [0.2, 0.25) is 5.91 Å². The third-order valence-electron chi connectivity index (χ3n) is 5.15. The van der Waals surface area contributed by atoms with Gasteiger partial charge in [-0.1, -0.05) is 54.1 Å². The number of carbonyl (C=O) groups is 1. The minimum atomic E-state index is -0.0950. The van der Waals surface area contributed by atoms with Crippen molar-refractivity contribution in [3.63, 3.8) is 0 Å². The van der Waals surface area contributed by atoms with Crippen molar-refractivity contribution in [1.82, 2.24) is 25.1 Å². The summed E-state index contributed by atoms with van der Waals surface area (Å²) >= 11 is 6.03. The highest BCUT2D eigenvalue weighted by Crippen LogP contribution is 2.27. The minimum Gasteiger partial charge on any atom is -0.370 e. The maximum atomic E-state index is 13.1. The first-order valence-corrected chi connectivity index (χ1v) is 9.97. The summed E-state index contributed by atoms with van der Waals surface area (Å²) in [5, 5.41) is 12.0. The van der Waals surface area contributed by atoms with Crippen molar-refractivity contribution in [2.24, 2.45) is 0 Å². The molecule has 1 aliphatic rings. The molecule has 8 heteroatoms. The molecule has 0 aliphatic carbocycles. The molecular weight excluding hydrogens is 390 g/mol. The van der Waals surface area contributed by atoms with E-state index in [0.717, 1.165) is 11.1 Å². The molecule has 0 unspecified atom stereocenters. The Balaban J connectivity index is 1.47. The Kier molecular flexibility index (Phi) is 6.17. The van der Waals surface area contributed by atoms with Crippen LogP contribution in [-0.4, -0.2) is 50.7 Å². The Labute approximate surface area is 174 Å². The summed E-state index contributed by atoms with van der Waals surface area (Å²) in [6.07, 6.45) is 1.83. The van der Waals surface area contributed by atoms with Crippen molar-refractivity contribution in [1.29, 1.82) is 0 Å². The van der Waals surface area contributed by atoms with Crippen LogP contribution in [0.25, 0.3) is 0 Å². The average molecular weight is 412 g/mol. The van der Waals surface area contributed by atoms with Crippen LogP contribution < -0.4 is 0 Å². The molecule has 1 aromatic heterocycles. The molecule has 2 aromatic carbocycles. The molecule has 4 rings (SSSR count).